The van der Waals surface area contributed by atoms with E-state index in [1.807, 2.05) is 48.7 Å². The zero-order chi connectivity index (χ0) is 27.6. The number of para-hydroxylation sites is 5. The number of rotatable bonds is 4. The summed E-state index contributed by atoms with van der Waals surface area (Å²) in [4.78, 5) is 9.66. The molecule has 4 heterocycles. The summed E-state index contributed by atoms with van der Waals surface area (Å²) in [5.41, 5.74) is 7.40. The Morgan fingerprint density at radius 1 is 0.500 bits per heavy atom. The maximum absolute atomic E-state index is 6.52. The highest BCUT2D eigenvalue weighted by Gasteiger charge is 2.18. The Morgan fingerprint density at radius 3 is 2.12 bits per heavy atom. The van der Waals surface area contributed by atoms with Crippen molar-refractivity contribution in [2.75, 3.05) is 0 Å². The van der Waals surface area contributed by atoms with Crippen LogP contribution in [0.15, 0.2) is 140 Å². The van der Waals surface area contributed by atoms with Gasteiger partial charge >= 0.3 is 0 Å². The summed E-state index contributed by atoms with van der Waals surface area (Å²) >= 11 is 0. The van der Waals surface area contributed by atoms with Crippen LogP contribution in [0, 0.1) is 0 Å². The van der Waals surface area contributed by atoms with Crippen molar-refractivity contribution < 1.29 is 4.74 Å². The number of aromatic nitrogens is 5. The lowest BCUT2D eigenvalue weighted by atomic mass is 10.1. The molecule has 0 fully saturated rings. The molecule has 0 unspecified atom stereocenters. The number of hydrogen-bond donors (Lipinski definition) is 0. The zero-order valence-electron chi connectivity index (χ0n) is 22.4. The van der Waals surface area contributed by atoms with E-state index in [1.165, 1.54) is 5.39 Å². The molecular formula is C36H23N5O. The SMILES string of the molecule is c1ccc(-n2c3ccccc3c3ccc(Oc4cccc(-n5c6ccccc6n6c7ccccc7nc56)c4)cc32)nc1. The largest absolute Gasteiger partial charge is 0.457 e. The van der Waals surface area contributed by atoms with Crippen molar-refractivity contribution in [2.45, 2.75) is 0 Å². The molecule has 0 saturated heterocycles. The van der Waals surface area contributed by atoms with E-state index < -0.39 is 0 Å². The van der Waals surface area contributed by atoms with Gasteiger partial charge < -0.3 is 4.74 Å². The highest BCUT2D eigenvalue weighted by atomic mass is 16.5. The Morgan fingerprint density at radius 2 is 1.24 bits per heavy atom. The number of fused-ring (bicyclic) bond motifs is 8. The van der Waals surface area contributed by atoms with Gasteiger partial charge in [-0.05, 0) is 66.7 Å². The summed E-state index contributed by atoms with van der Waals surface area (Å²) in [7, 11) is 0. The Bertz CT molecular complexity index is 2450. The third kappa shape index (κ3) is 3.32. The summed E-state index contributed by atoms with van der Waals surface area (Å²) in [5, 5.41) is 2.34. The summed E-state index contributed by atoms with van der Waals surface area (Å²) in [5.74, 6) is 3.25. The fourth-order valence-corrected chi connectivity index (χ4v) is 6.17. The number of hydrogen-bond acceptors (Lipinski definition) is 3. The molecule has 0 N–H and O–H groups in total. The van der Waals surface area contributed by atoms with Crippen LogP contribution in [0.25, 0.3) is 61.2 Å². The molecule has 9 rings (SSSR count). The zero-order valence-corrected chi connectivity index (χ0v) is 22.4. The minimum atomic E-state index is 0.749. The first-order valence-corrected chi connectivity index (χ1v) is 13.9. The number of ether oxygens (including phenoxy) is 1. The quantitative estimate of drug-likeness (QED) is 0.224. The lowest BCUT2D eigenvalue weighted by Crippen LogP contribution is -1.97. The van der Waals surface area contributed by atoms with Gasteiger partial charge in [0.05, 0.1) is 38.8 Å². The highest BCUT2D eigenvalue weighted by molar-refractivity contribution is 6.09. The van der Waals surface area contributed by atoms with E-state index >= 15 is 0 Å². The monoisotopic (exact) mass is 541 g/mol. The van der Waals surface area contributed by atoms with E-state index in [0.29, 0.717) is 0 Å². The molecule has 0 spiro atoms. The summed E-state index contributed by atoms with van der Waals surface area (Å²) < 4.78 is 13.1. The van der Waals surface area contributed by atoms with Crippen molar-refractivity contribution in [2.24, 2.45) is 0 Å². The molecule has 0 saturated carbocycles. The fraction of sp³-hybridized carbons (Fsp3) is 0. The van der Waals surface area contributed by atoms with Gasteiger partial charge in [0.25, 0.3) is 0 Å². The lowest BCUT2D eigenvalue weighted by molar-refractivity contribution is 0.483. The predicted molar refractivity (Wildman–Crippen MR) is 168 cm³/mol. The molecule has 6 nitrogen and oxygen atoms in total. The van der Waals surface area contributed by atoms with Crippen molar-refractivity contribution in [1.29, 1.82) is 0 Å². The Hall–Kier alpha value is -5.88. The van der Waals surface area contributed by atoms with Crippen LogP contribution < -0.4 is 4.74 Å². The minimum Gasteiger partial charge on any atom is -0.457 e. The molecule has 0 atom stereocenters. The van der Waals surface area contributed by atoms with Crippen LogP contribution in [0.2, 0.25) is 0 Å². The average Bonchev–Trinajstić information content (AvgIpc) is 3.68. The van der Waals surface area contributed by atoms with Gasteiger partial charge in [-0.1, -0.05) is 54.6 Å². The third-order valence-electron chi connectivity index (χ3n) is 7.94. The first-order valence-electron chi connectivity index (χ1n) is 13.9. The van der Waals surface area contributed by atoms with Crippen molar-refractivity contribution in [1.82, 2.24) is 23.5 Å². The Kier molecular flexibility index (Phi) is 4.80. The lowest BCUT2D eigenvalue weighted by Gasteiger charge is -2.11. The van der Waals surface area contributed by atoms with Crippen molar-refractivity contribution in [3.63, 3.8) is 0 Å². The molecular weight excluding hydrogens is 518 g/mol. The second-order valence-electron chi connectivity index (χ2n) is 10.4. The van der Waals surface area contributed by atoms with Crippen LogP contribution in [0.5, 0.6) is 11.5 Å². The molecule has 198 valence electrons. The molecule has 0 aliphatic carbocycles. The molecule has 9 aromatic rings. The summed E-state index contributed by atoms with van der Waals surface area (Å²) in [6.45, 7) is 0. The van der Waals surface area contributed by atoms with Gasteiger partial charge in [0, 0.05) is 29.1 Å². The molecule has 4 aromatic heterocycles. The molecule has 0 amide bonds. The standard InChI is InChI=1S/C36H23N5O/c1-3-14-30-27(12-1)28-20-19-26(23-34(28)40(30)35-18-7-8-21-37-35)42-25-11-9-10-24(22-25)39-32-16-5-6-17-33(32)41-31-15-4-2-13-29(31)38-36(39)41/h1-23H. The number of imidazole rings is 2. The van der Waals surface area contributed by atoms with Gasteiger partial charge in [-0.25, -0.2) is 9.97 Å². The van der Waals surface area contributed by atoms with Gasteiger partial charge in [0.15, 0.2) is 0 Å². The van der Waals surface area contributed by atoms with Crippen LogP contribution in [0.4, 0.5) is 0 Å². The van der Waals surface area contributed by atoms with Crippen LogP contribution in [-0.4, -0.2) is 23.5 Å². The molecule has 0 radical (unpaired) electrons. The second kappa shape index (κ2) is 8.81. The van der Waals surface area contributed by atoms with Crippen molar-refractivity contribution in [3.8, 4) is 23.0 Å². The summed E-state index contributed by atoms with van der Waals surface area (Å²) in [6, 6.07) is 45.5. The highest BCUT2D eigenvalue weighted by Crippen LogP contribution is 2.36. The molecule has 6 heteroatoms. The normalized spacial score (nSPS) is 11.8. The second-order valence-corrected chi connectivity index (χ2v) is 10.4. The minimum absolute atomic E-state index is 0.749. The maximum Gasteiger partial charge on any atom is 0.220 e. The van der Waals surface area contributed by atoms with E-state index in [1.54, 1.807) is 0 Å². The maximum atomic E-state index is 6.52. The van der Waals surface area contributed by atoms with E-state index in [4.69, 9.17) is 9.72 Å². The Labute approximate surface area is 240 Å². The molecule has 0 aliphatic rings. The molecule has 5 aromatic carbocycles. The molecule has 0 bridgehead atoms. The van der Waals surface area contributed by atoms with Crippen LogP contribution in [0.1, 0.15) is 0 Å². The third-order valence-corrected chi connectivity index (χ3v) is 7.94. The predicted octanol–water partition coefficient (Wildman–Crippen LogP) is 8.72. The topological polar surface area (TPSA) is 49.3 Å². The van der Waals surface area contributed by atoms with Gasteiger partial charge in [-0.2, -0.15) is 0 Å². The first kappa shape index (κ1) is 22.9. The fourth-order valence-electron chi connectivity index (χ4n) is 6.17. The Balaban J connectivity index is 1.19. The van der Waals surface area contributed by atoms with Gasteiger partial charge in [0.1, 0.15) is 17.3 Å². The summed E-state index contributed by atoms with van der Waals surface area (Å²) in [6.07, 6.45) is 1.83. The number of pyridine rings is 1. The van der Waals surface area contributed by atoms with E-state index in [0.717, 1.165) is 67.3 Å². The first-order chi connectivity index (χ1) is 20.8. The molecule has 42 heavy (non-hydrogen) atoms. The average molecular weight is 542 g/mol. The smallest absolute Gasteiger partial charge is 0.220 e. The van der Waals surface area contributed by atoms with E-state index in [2.05, 4.69) is 110 Å². The number of benzene rings is 5. The van der Waals surface area contributed by atoms with Crippen molar-refractivity contribution >= 4 is 49.7 Å². The van der Waals surface area contributed by atoms with Crippen LogP contribution >= 0.6 is 0 Å². The number of nitrogens with zero attached hydrogens (tertiary/aromatic N) is 5. The molecule has 0 aliphatic heterocycles. The van der Waals surface area contributed by atoms with Crippen molar-refractivity contribution in [3.05, 3.63) is 140 Å². The van der Waals surface area contributed by atoms with Crippen LogP contribution in [0.3, 0.4) is 0 Å². The van der Waals surface area contributed by atoms with Gasteiger partial charge in [-0.3, -0.25) is 13.5 Å². The van der Waals surface area contributed by atoms with E-state index in [9.17, 15) is 0 Å². The van der Waals surface area contributed by atoms with Crippen LogP contribution in [-0.2, 0) is 0 Å². The van der Waals surface area contributed by atoms with E-state index in [-0.39, 0.29) is 0 Å². The van der Waals surface area contributed by atoms with Gasteiger partial charge in [0.2, 0.25) is 5.78 Å². The van der Waals surface area contributed by atoms with Gasteiger partial charge in [-0.15, -0.1) is 0 Å².